The molecule has 3 aliphatic heterocycles. The zero-order chi connectivity index (χ0) is 22.4. The highest BCUT2D eigenvalue weighted by molar-refractivity contribution is 7.99. The first-order chi connectivity index (χ1) is 16.2. The molecule has 3 aromatic rings. The molecule has 0 radical (unpaired) electrons. The maximum atomic E-state index is 12.7. The van der Waals surface area contributed by atoms with Gasteiger partial charge in [0, 0.05) is 31.7 Å². The lowest BCUT2D eigenvalue weighted by molar-refractivity contribution is 0.163. The van der Waals surface area contributed by atoms with Crippen LogP contribution in [0.25, 0.3) is 11.2 Å². The van der Waals surface area contributed by atoms with Gasteiger partial charge in [0.2, 0.25) is 0 Å². The third-order valence-electron chi connectivity index (χ3n) is 6.91. The molecule has 0 aliphatic carbocycles. The van der Waals surface area contributed by atoms with Crippen LogP contribution in [0.5, 0.6) is 5.75 Å². The molecule has 1 unspecified atom stereocenters. The minimum absolute atomic E-state index is 0. The van der Waals surface area contributed by atoms with Crippen LogP contribution in [0.1, 0.15) is 31.0 Å². The van der Waals surface area contributed by atoms with E-state index in [2.05, 4.69) is 26.3 Å². The van der Waals surface area contributed by atoms with E-state index in [1.54, 1.807) is 27.0 Å². The molecule has 0 amide bonds. The Bertz CT molecular complexity index is 1320. The van der Waals surface area contributed by atoms with Gasteiger partial charge >= 0.3 is 0 Å². The number of likely N-dealkylation sites (tertiary alicyclic amines) is 1. The molecule has 35 heavy (non-hydrogen) atoms. The van der Waals surface area contributed by atoms with Crippen LogP contribution in [0.15, 0.2) is 45.1 Å². The number of nitrogens with one attached hydrogen (secondary N) is 1. The summed E-state index contributed by atoms with van der Waals surface area (Å²) in [6.45, 7) is 4.18. The second kappa shape index (κ2) is 10.9. The molecule has 6 heterocycles. The summed E-state index contributed by atoms with van der Waals surface area (Å²) >= 11 is 1.71. The van der Waals surface area contributed by atoms with Crippen LogP contribution in [0.3, 0.4) is 0 Å². The van der Waals surface area contributed by atoms with Crippen molar-refractivity contribution in [3.8, 4) is 5.75 Å². The molecule has 188 valence electrons. The van der Waals surface area contributed by atoms with Crippen molar-refractivity contribution in [2.75, 3.05) is 25.6 Å². The number of aryl methyl sites for hydroxylation is 1. The summed E-state index contributed by atoms with van der Waals surface area (Å²) in [7, 11) is 0. The SMILES string of the molecule is Cl.Cl.O=c1ccc2ncc(=O)n3c2n1CCC3CN1CCC(NCc2cc3c(cn2)OCS3)CC1. The number of nitrogens with zero attached hydrogens (tertiary/aromatic N) is 5. The third kappa shape index (κ3) is 5.08. The molecule has 9 nitrogen and oxygen atoms in total. The van der Waals surface area contributed by atoms with E-state index in [0.717, 1.165) is 56.9 Å². The first kappa shape index (κ1) is 26.0. The lowest BCUT2D eigenvalue weighted by Crippen LogP contribution is -2.46. The van der Waals surface area contributed by atoms with Gasteiger partial charge in [0.1, 0.15) is 17.1 Å². The fraction of sp³-hybridized carbons (Fsp3) is 0.478. The fourth-order valence-electron chi connectivity index (χ4n) is 5.16. The minimum atomic E-state index is -0.131. The van der Waals surface area contributed by atoms with E-state index >= 15 is 0 Å². The monoisotopic (exact) mass is 538 g/mol. The largest absolute Gasteiger partial charge is 0.480 e. The number of hydrogen-bond acceptors (Lipinski definition) is 8. The Morgan fingerprint density at radius 2 is 1.86 bits per heavy atom. The molecule has 1 saturated heterocycles. The highest BCUT2D eigenvalue weighted by Gasteiger charge is 2.27. The predicted octanol–water partition coefficient (Wildman–Crippen LogP) is 2.44. The highest BCUT2D eigenvalue weighted by atomic mass is 35.5. The van der Waals surface area contributed by atoms with Gasteiger partial charge < -0.3 is 15.0 Å². The number of rotatable bonds is 5. The van der Waals surface area contributed by atoms with E-state index in [1.807, 2.05) is 6.20 Å². The molecule has 1 N–H and O–H groups in total. The van der Waals surface area contributed by atoms with E-state index in [4.69, 9.17) is 4.74 Å². The second-order valence-corrected chi connectivity index (χ2v) is 9.89. The van der Waals surface area contributed by atoms with Crippen LogP contribution in [0.2, 0.25) is 0 Å². The zero-order valence-corrected chi connectivity index (χ0v) is 21.5. The Balaban J connectivity index is 0.00000144. The normalized spacial score (nSPS) is 19.5. The van der Waals surface area contributed by atoms with Crippen molar-refractivity contribution in [2.45, 2.75) is 49.3 Å². The summed E-state index contributed by atoms with van der Waals surface area (Å²) in [5.41, 5.74) is 2.21. The first-order valence-corrected chi connectivity index (χ1v) is 12.5. The predicted molar refractivity (Wildman–Crippen MR) is 140 cm³/mol. The van der Waals surface area contributed by atoms with Gasteiger partial charge in [-0.05, 0) is 44.5 Å². The maximum absolute atomic E-state index is 12.7. The molecular formula is C23H28Cl2N6O3S. The van der Waals surface area contributed by atoms with Crippen molar-refractivity contribution < 1.29 is 4.74 Å². The van der Waals surface area contributed by atoms with Gasteiger partial charge in [-0.15, -0.1) is 24.8 Å². The molecule has 0 spiro atoms. The lowest BCUT2D eigenvalue weighted by Gasteiger charge is -2.36. The van der Waals surface area contributed by atoms with Crippen molar-refractivity contribution in [2.24, 2.45) is 0 Å². The van der Waals surface area contributed by atoms with E-state index < -0.39 is 0 Å². The minimum Gasteiger partial charge on any atom is -0.480 e. The Kier molecular flexibility index (Phi) is 8.07. The summed E-state index contributed by atoms with van der Waals surface area (Å²) in [6.07, 6.45) is 6.10. The van der Waals surface area contributed by atoms with Gasteiger partial charge in [-0.3, -0.25) is 23.7 Å². The fourth-order valence-corrected chi connectivity index (χ4v) is 5.94. The summed E-state index contributed by atoms with van der Waals surface area (Å²) in [6, 6.07) is 5.89. The highest BCUT2D eigenvalue weighted by Crippen LogP contribution is 2.35. The van der Waals surface area contributed by atoms with Crippen LogP contribution in [0.4, 0.5) is 0 Å². The summed E-state index contributed by atoms with van der Waals surface area (Å²) in [5.74, 6) is 1.56. The standard InChI is InChI=1S/C23H26N6O3S.2ClH/c30-21-2-1-18-23-28(21)8-5-17(29(23)22(31)12-26-18)13-27-6-3-15(4-7-27)24-10-16-9-20-19(11-25-16)32-14-33-20;;/h1-2,9,11-12,15,17,24H,3-8,10,13-14H2;2*1H. The van der Waals surface area contributed by atoms with Crippen molar-refractivity contribution in [3.63, 3.8) is 0 Å². The molecule has 3 aromatic heterocycles. The maximum Gasteiger partial charge on any atom is 0.270 e. The molecule has 1 fully saturated rings. The molecule has 0 saturated carbocycles. The van der Waals surface area contributed by atoms with Gasteiger partial charge in [0.15, 0.2) is 5.75 Å². The quantitative estimate of drug-likeness (QED) is 0.529. The number of thioether (sulfide) groups is 1. The van der Waals surface area contributed by atoms with Crippen molar-refractivity contribution in [1.29, 1.82) is 0 Å². The zero-order valence-electron chi connectivity index (χ0n) is 19.1. The molecular weight excluding hydrogens is 511 g/mol. The average molecular weight is 539 g/mol. The number of pyridine rings is 2. The van der Waals surface area contributed by atoms with Gasteiger partial charge in [0.05, 0.1) is 29.0 Å². The van der Waals surface area contributed by atoms with Crippen LogP contribution < -0.4 is 21.2 Å². The number of piperidine rings is 1. The number of fused-ring (bicyclic) bond motifs is 1. The third-order valence-corrected chi connectivity index (χ3v) is 7.78. The Hall–Kier alpha value is -2.11. The van der Waals surface area contributed by atoms with Crippen molar-refractivity contribution >= 4 is 47.7 Å². The number of hydrogen-bond donors (Lipinski definition) is 1. The molecule has 0 bridgehead atoms. The number of aromatic nitrogens is 4. The van der Waals surface area contributed by atoms with E-state index in [0.29, 0.717) is 29.7 Å². The number of halogens is 2. The molecule has 1 atom stereocenters. The van der Waals surface area contributed by atoms with Crippen molar-refractivity contribution in [3.05, 3.63) is 57.0 Å². The smallest absolute Gasteiger partial charge is 0.270 e. The molecule has 0 aromatic carbocycles. The summed E-state index contributed by atoms with van der Waals surface area (Å²) < 4.78 is 8.98. The Labute approximate surface area is 219 Å². The average Bonchev–Trinajstić information content (AvgIpc) is 3.31. The number of ether oxygens (including phenoxy) is 1. The van der Waals surface area contributed by atoms with E-state index in [1.165, 1.54) is 17.2 Å². The van der Waals surface area contributed by atoms with Crippen LogP contribution in [0, 0.1) is 0 Å². The van der Waals surface area contributed by atoms with Crippen LogP contribution in [-0.2, 0) is 13.1 Å². The topological polar surface area (TPSA) is 94.3 Å². The van der Waals surface area contributed by atoms with Crippen LogP contribution in [-0.4, -0.2) is 55.6 Å². The van der Waals surface area contributed by atoms with Crippen LogP contribution >= 0.6 is 36.6 Å². The molecule has 12 heteroatoms. The van der Waals surface area contributed by atoms with Crippen molar-refractivity contribution in [1.82, 2.24) is 29.3 Å². The van der Waals surface area contributed by atoms with Gasteiger partial charge in [-0.1, -0.05) is 11.8 Å². The molecule has 3 aliphatic rings. The first-order valence-electron chi connectivity index (χ1n) is 11.5. The molecule has 6 rings (SSSR count). The van der Waals surface area contributed by atoms with Gasteiger partial charge in [0.25, 0.3) is 11.1 Å². The Morgan fingerprint density at radius 3 is 2.69 bits per heavy atom. The van der Waals surface area contributed by atoms with E-state index in [9.17, 15) is 9.59 Å². The Morgan fingerprint density at radius 1 is 1.03 bits per heavy atom. The van der Waals surface area contributed by atoms with E-state index in [-0.39, 0.29) is 42.0 Å². The summed E-state index contributed by atoms with van der Waals surface area (Å²) in [5, 5.41) is 3.66. The van der Waals surface area contributed by atoms with Gasteiger partial charge in [-0.25, -0.2) is 4.98 Å². The lowest BCUT2D eigenvalue weighted by atomic mass is 10.0. The van der Waals surface area contributed by atoms with Gasteiger partial charge in [-0.2, -0.15) is 0 Å². The summed E-state index contributed by atoms with van der Waals surface area (Å²) in [4.78, 5) is 37.4. The second-order valence-electron chi connectivity index (χ2n) is 8.93.